The number of rotatable bonds is 5. The molecule has 0 saturated carbocycles. The molecule has 13 aromatic rings. The van der Waals surface area contributed by atoms with E-state index in [4.69, 9.17) is 14.1 Å². The van der Waals surface area contributed by atoms with Gasteiger partial charge in [-0.3, -0.25) is 4.57 Å². The van der Waals surface area contributed by atoms with E-state index < -0.39 is 0 Å². The minimum Gasteiger partial charge on any atom is -0.510 e. The van der Waals surface area contributed by atoms with Crippen LogP contribution in [0.1, 0.15) is 104 Å². The minimum absolute atomic E-state index is 0. The summed E-state index contributed by atoms with van der Waals surface area (Å²) in [5, 5.41) is 4.39. The SMILES string of the molecule is CC(C)(C)c1ccnc(-n2c3[c-]c(Oc4[c-]c(-n5[c-][n+]6c7c(cc(C(C)(C)C)cc75)-c5ccccc5-c5cc7c(cc5-c5cccc(-c8ccc9oc%10ccccc%10c9c8)c5-6)C(C)(C)CCC7(C)C)ccc4)ccc3c3ccccc32)c1.[Pt]. The molecule has 412 valence electrons. The van der Waals surface area contributed by atoms with Gasteiger partial charge < -0.3 is 18.3 Å². The summed E-state index contributed by atoms with van der Waals surface area (Å²) in [6, 6.07) is 71.5. The summed E-state index contributed by atoms with van der Waals surface area (Å²) in [5.74, 6) is 1.99. The minimum atomic E-state index is -0.203. The number of hydrogen-bond donors (Lipinski definition) is 0. The first-order valence-corrected chi connectivity index (χ1v) is 28.9. The van der Waals surface area contributed by atoms with Crippen LogP contribution in [0.2, 0.25) is 0 Å². The van der Waals surface area contributed by atoms with Gasteiger partial charge in [-0.1, -0.05) is 172 Å². The Balaban J connectivity index is 0.00000614. The first-order chi connectivity index (χ1) is 39.4. The Morgan fingerprint density at radius 2 is 1.16 bits per heavy atom. The molecule has 6 nitrogen and oxygen atoms in total. The molecule has 2 aliphatic rings. The van der Waals surface area contributed by atoms with E-state index in [-0.39, 0.29) is 42.7 Å². The van der Waals surface area contributed by atoms with Crippen LogP contribution in [-0.2, 0) is 42.7 Å². The second kappa shape index (κ2) is 18.9. The molecule has 9 aromatic carbocycles. The molecule has 0 N–H and O–H groups in total. The van der Waals surface area contributed by atoms with E-state index in [1.807, 2.05) is 24.4 Å². The first-order valence-electron chi connectivity index (χ1n) is 28.9. The third-order valence-electron chi connectivity index (χ3n) is 18.0. The number of nitrogens with zero attached hydrogens (tertiary/aromatic N) is 4. The maximum atomic E-state index is 6.90. The monoisotopic (exact) mass is 1260 g/mol. The molecule has 1 aliphatic carbocycles. The van der Waals surface area contributed by atoms with Crippen molar-refractivity contribution in [1.29, 1.82) is 0 Å². The Kier molecular flexibility index (Phi) is 12.0. The normalized spacial score (nSPS) is 14.4. The predicted octanol–water partition coefficient (Wildman–Crippen LogP) is 19.4. The molecule has 0 amide bonds. The fourth-order valence-corrected chi connectivity index (χ4v) is 13.3. The van der Waals surface area contributed by atoms with Crippen molar-refractivity contribution < 1.29 is 34.8 Å². The standard InChI is InChI=1S/C76H64N4O2.Pt/c1-73(2,3)47-33-36-77-70(40-47)80-65-27-15-13-23-55(65)56-31-30-51(42-66(56)80)81-50-20-17-19-49(41-50)78-45-79-71-52(46-29-32-69-61(37-46)57-24-14-16-28-68(57)82-69)25-18-26-58(71)60-44-64-63(75(7,8)34-35-76(64,9)10)43-59(60)53-21-11-12-22-54(53)62-38-48(74(4,5)6)39-67(78)72(62)79;/h11-33,36-40,43-44H,34-35H2,1-10H3;/q-2;. The van der Waals surface area contributed by atoms with Crippen molar-refractivity contribution in [1.82, 2.24) is 14.1 Å². The second-order valence-electron chi connectivity index (χ2n) is 26.3. The van der Waals surface area contributed by atoms with Gasteiger partial charge in [-0.25, -0.2) is 4.98 Å². The summed E-state index contributed by atoms with van der Waals surface area (Å²) in [4.78, 5) is 4.93. The van der Waals surface area contributed by atoms with E-state index in [0.717, 1.165) is 107 Å². The molecule has 0 radical (unpaired) electrons. The molecule has 83 heavy (non-hydrogen) atoms. The van der Waals surface area contributed by atoms with Crippen molar-refractivity contribution in [3.8, 4) is 73.2 Å². The molecule has 1 aliphatic heterocycles. The fraction of sp³-hybridized carbons (Fsp3) is 0.211. The molecular weight excluding hydrogens is 1200 g/mol. The zero-order valence-corrected chi connectivity index (χ0v) is 50.9. The zero-order chi connectivity index (χ0) is 56.2. The van der Waals surface area contributed by atoms with Crippen LogP contribution in [0.25, 0.3) is 116 Å². The van der Waals surface area contributed by atoms with Crippen LogP contribution in [0.5, 0.6) is 11.5 Å². The van der Waals surface area contributed by atoms with Gasteiger partial charge in [0.1, 0.15) is 17.0 Å². The maximum absolute atomic E-state index is 6.90. The molecule has 0 bridgehead atoms. The van der Waals surface area contributed by atoms with E-state index >= 15 is 0 Å². The van der Waals surface area contributed by atoms with Crippen molar-refractivity contribution >= 4 is 54.8 Å². The van der Waals surface area contributed by atoms with Gasteiger partial charge in [0, 0.05) is 55.1 Å². The van der Waals surface area contributed by atoms with E-state index in [1.54, 1.807) is 0 Å². The number of fused-ring (bicyclic) bond motifs is 14. The summed E-state index contributed by atoms with van der Waals surface area (Å²) >= 11 is 0. The number of pyridine rings is 1. The van der Waals surface area contributed by atoms with Crippen LogP contribution < -0.4 is 9.30 Å². The van der Waals surface area contributed by atoms with Crippen LogP contribution in [0.3, 0.4) is 0 Å². The molecule has 0 spiro atoms. The maximum Gasteiger partial charge on any atom is 0.268 e. The summed E-state index contributed by atoms with van der Waals surface area (Å²) in [6.07, 6.45) is 8.23. The topological polar surface area (TPSA) is 49.0 Å². The van der Waals surface area contributed by atoms with Crippen LogP contribution >= 0.6 is 0 Å². The van der Waals surface area contributed by atoms with Gasteiger partial charge in [-0.05, 0) is 161 Å². The van der Waals surface area contributed by atoms with Gasteiger partial charge >= 0.3 is 0 Å². The van der Waals surface area contributed by atoms with Gasteiger partial charge in [0.25, 0.3) is 6.33 Å². The van der Waals surface area contributed by atoms with Gasteiger partial charge in [-0.15, -0.1) is 29.7 Å². The van der Waals surface area contributed by atoms with Crippen molar-refractivity contribution in [3.63, 3.8) is 0 Å². The number of imidazole rings is 1. The predicted molar refractivity (Wildman–Crippen MR) is 335 cm³/mol. The number of hydrogen-bond acceptors (Lipinski definition) is 3. The fourth-order valence-electron chi connectivity index (χ4n) is 13.3. The Morgan fingerprint density at radius 1 is 0.518 bits per heavy atom. The molecule has 4 aromatic heterocycles. The molecule has 5 heterocycles. The number of ether oxygens (including phenoxy) is 1. The Morgan fingerprint density at radius 3 is 1.92 bits per heavy atom. The summed E-state index contributed by atoms with van der Waals surface area (Å²) in [6.45, 7) is 23.4. The second-order valence-corrected chi connectivity index (χ2v) is 26.3. The quantitative estimate of drug-likeness (QED) is 0.127. The summed E-state index contributed by atoms with van der Waals surface area (Å²) in [5.41, 5.74) is 21.9. The van der Waals surface area contributed by atoms with Crippen molar-refractivity contribution in [2.45, 2.75) is 104 Å². The molecule has 15 rings (SSSR count). The van der Waals surface area contributed by atoms with E-state index in [1.165, 1.54) is 44.5 Å². The van der Waals surface area contributed by atoms with Crippen LogP contribution in [0, 0.1) is 18.5 Å². The van der Waals surface area contributed by atoms with E-state index in [9.17, 15) is 0 Å². The van der Waals surface area contributed by atoms with Gasteiger partial charge in [0.2, 0.25) is 0 Å². The zero-order valence-electron chi connectivity index (χ0n) is 48.7. The van der Waals surface area contributed by atoms with Crippen molar-refractivity contribution in [2.75, 3.05) is 0 Å². The van der Waals surface area contributed by atoms with E-state index in [2.05, 4.69) is 259 Å². The Hall–Kier alpha value is -8.31. The smallest absolute Gasteiger partial charge is 0.268 e. The Bertz CT molecular complexity index is 4820. The largest absolute Gasteiger partial charge is 0.510 e. The molecule has 0 fully saturated rings. The summed E-state index contributed by atoms with van der Waals surface area (Å²) < 4.78 is 20.1. The van der Waals surface area contributed by atoms with Gasteiger partial charge in [0.15, 0.2) is 0 Å². The van der Waals surface area contributed by atoms with Crippen molar-refractivity contribution in [2.24, 2.45) is 0 Å². The van der Waals surface area contributed by atoms with Crippen LogP contribution in [0.15, 0.2) is 187 Å². The molecule has 0 atom stereocenters. The van der Waals surface area contributed by atoms with Gasteiger partial charge in [0.05, 0.1) is 16.7 Å². The first kappa shape index (κ1) is 52.7. The van der Waals surface area contributed by atoms with Crippen molar-refractivity contribution in [3.05, 3.63) is 223 Å². The van der Waals surface area contributed by atoms with Gasteiger partial charge in [-0.2, -0.15) is 18.2 Å². The summed E-state index contributed by atoms with van der Waals surface area (Å²) in [7, 11) is 0. The van der Waals surface area contributed by atoms with Crippen LogP contribution in [0.4, 0.5) is 0 Å². The number of aromatic nitrogens is 4. The average molecular weight is 1260 g/mol. The Labute approximate surface area is 500 Å². The molecule has 0 saturated heterocycles. The number of benzene rings is 9. The van der Waals surface area contributed by atoms with E-state index in [0.29, 0.717) is 11.5 Å². The third kappa shape index (κ3) is 8.45. The number of para-hydroxylation sites is 3. The molecular formula is C76H64N4O2Pt-2. The third-order valence-corrected chi connectivity index (χ3v) is 18.0. The molecule has 7 heteroatoms. The van der Waals surface area contributed by atoms with Crippen LogP contribution in [-0.4, -0.2) is 14.1 Å². The average Bonchev–Trinajstić information content (AvgIpc) is 2.11. The number of furan rings is 1. The molecule has 0 unspecified atom stereocenters.